The van der Waals surface area contributed by atoms with Gasteiger partial charge < -0.3 is 5.11 Å². The van der Waals surface area contributed by atoms with Crippen LogP contribution < -0.4 is 0 Å². The Morgan fingerprint density at radius 3 is 2.50 bits per heavy atom. The summed E-state index contributed by atoms with van der Waals surface area (Å²) in [5.74, 6) is -1.05. The predicted octanol–water partition coefficient (Wildman–Crippen LogP) is 0.753. The number of carboxylic acids is 1. The summed E-state index contributed by atoms with van der Waals surface area (Å²) in [7, 11) is 0. The van der Waals surface area contributed by atoms with Crippen molar-refractivity contribution in [1.82, 2.24) is 9.97 Å². The maximum atomic E-state index is 10.1. The minimum absolute atomic E-state index is 0. The number of rotatable bonds is 1. The van der Waals surface area contributed by atoms with Crippen LogP contribution in [0, 0.1) is 0 Å². The monoisotopic (exact) mass is 204 g/mol. The van der Waals surface area contributed by atoms with Crippen molar-refractivity contribution in [1.29, 1.82) is 0 Å². The molecule has 5 heteroatoms. The first-order chi connectivity index (χ1) is 4.30. The van der Waals surface area contributed by atoms with E-state index in [0.29, 0.717) is 0 Å². The number of carboxylic acid groups (broad SMARTS) is 1. The lowest BCUT2D eigenvalue weighted by Crippen LogP contribution is -1.99. The van der Waals surface area contributed by atoms with Gasteiger partial charge >= 0.3 is 5.97 Å². The molecule has 0 fully saturated rings. The number of carbonyl (C=O) groups is 1. The van der Waals surface area contributed by atoms with E-state index in [4.69, 9.17) is 5.11 Å². The summed E-state index contributed by atoms with van der Waals surface area (Å²) >= 11 is 0. The number of halogens is 1. The maximum Gasteiger partial charge on any atom is 0.356 e. The summed E-state index contributed by atoms with van der Waals surface area (Å²) in [4.78, 5) is 17.2. The average Bonchev–Trinajstić information content (AvgIpc) is 1.90. The van der Waals surface area contributed by atoms with Crippen molar-refractivity contribution in [3.63, 3.8) is 0 Å². The van der Waals surface area contributed by atoms with Gasteiger partial charge in [-0.05, 0) is 0 Å². The van der Waals surface area contributed by atoms with Crippen molar-refractivity contribution in [3.8, 4) is 0 Å². The van der Waals surface area contributed by atoms with Gasteiger partial charge in [0.1, 0.15) is 0 Å². The summed E-state index contributed by atoms with van der Waals surface area (Å²) in [5.41, 5.74) is -0.0301. The zero-order valence-corrected chi connectivity index (χ0v) is 6.60. The summed E-state index contributed by atoms with van der Waals surface area (Å²) in [6.07, 6.45) is 3.96. The molecule has 54 valence electrons. The Morgan fingerprint density at radius 1 is 1.50 bits per heavy atom. The van der Waals surface area contributed by atoms with Crippen LogP contribution in [0.15, 0.2) is 18.6 Å². The second kappa shape index (κ2) is 3.94. The molecule has 4 nitrogen and oxygen atoms in total. The highest BCUT2D eigenvalue weighted by molar-refractivity contribution is 8.93. The van der Waals surface area contributed by atoms with E-state index in [-0.39, 0.29) is 22.7 Å². The molecule has 0 aromatic carbocycles. The van der Waals surface area contributed by atoms with Crippen LogP contribution in [0.5, 0.6) is 0 Å². The van der Waals surface area contributed by atoms with Crippen molar-refractivity contribution >= 4 is 23.0 Å². The third-order valence-electron chi connectivity index (χ3n) is 0.782. The van der Waals surface area contributed by atoms with Crippen molar-refractivity contribution < 1.29 is 9.90 Å². The molecule has 1 heterocycles. The molecule has 0 saturated heterocycles. The lowest BCUT2D eigenvalue weighted by molar-refractivity contribution is 0.0690. The average molecular weight is 205 g/mol. The summed E-state index contributed by atoms with van der Waals surface area (Å²) in [6.45, 7) is 0. The number of aromatic carboxylic acids is 1. The third kappa shape index (κ3) is 2.10. The fourth-order valence-corrected chi connectivity index (χ4v) is 0.410. The van der Waals surface area contributed by atoms with E-state index in [1.165, 1.54) is 18.6 Å². The lowest BCUT2D eigenvalue weighted by atomic mass is 10.5. The molecule has 1 aromatic rings. The number of hydrogen-bond donors (Lipinski definition) is 1. The largest absolute Gasteiger partial charge is 0.476 e. The normalized spacial score (nSPS) is 8.00. The summed E-state index contributed by atoms with van der Waals surface area (Å²) in [5, 5.41) is 8.28. The van der Waals surface area contributed by atoms with E-state index < -0.39 is 5.97 Å². The number of hydrogen-bond acceptors (Lipinski definition) is 3. The molecule has 1 N–H and O–H groups in total. The van der Waals surface area contributed by atoms with Gasteiger partial charge in [0.2, 0.25) is 0 Å². The van der Waals surface area contributed by atoms with Crippen LogP contribution in [0.1, 0.15) is 10.5 Å². The fraction of sp³-hybridized carbons (Fsp3) is 0. The van der Waals surface area contributed by atoms with Crippen LogP contribution in [-0.2, 0) is 0 Å². The highest BCUT2D eigenvalue weighted by Crippen LogP contribution is 1.86. The molecule has 0 unspecified atom stereocenters. The van der Waals surface area contributed by atoms with Gasteiger partial charge in [0.25, 0.3) is 0 Å². The Kier molecular flexibility index (Phi) is 3.56. The fourth-order valence-electron chi connectivity index (χ4n) is 0.410. The van der Waals surface area contributed by atoms with Crippen LogP contribution in [0.3, 0.4) is 0 Å². The van der Waals surface area contributed by atoms with Gasteiger partial charge in [-0.25, -0.2) is 9.78 Å². The molecule has 0 saturated carbocycles. The second-order valence-electron chi connectivity index (χ2n) is 1.40. The van der Waals surface area contributed by atoms with E-state index in [2.05, 4.69) is 9.97 Å². The molecule has 1 aromatic heterocycles. The maximum absolute atomic E-state index is 10.1. The van der Waals surface area contributed by atoms with Gasteiger partial charge in [-0.3, -0.25) is 4.98 Å². The van der Waals surface area contributed by atoms with Crippen molar-refractivity contribution in [2.45, 2.75) is 0 Å². The van der Waals surface area contributed by atoms with Crippen molar-refractivity contribution in [2.75, 3.05) is 0 Å². The van der Waals surface area contributed by atoms with Gasteiger partial charge in [-0.15, -0.1) is 17.0 Å². The van der Waals surface area contributed by atoms with Gasteiger partial charge in [0, 0.05) is 12.4 Å². The van der Waals surface area contributed by atoms with Crippen LogP contribution in [-0.4, -0.2) is 21.0 Å². The van der Waals surface area contributed by atoms with E-state index in [1.807, 2.05) is 0 Å². The van der Waals surface area contributed by atoms with E-state index in [9.17, 15) is 4.79 Å². The van der Waals surface area contributed by atoms with Gasteiger partial charge in [0.05, 0.1) is 6.20 Å². The molecule has 0 atom stereocenters. The molecule has 0 aliphatic rings. The Balaban J connectivity index is 0.000000810. The van der Waals surface area contributed by atoms with Crippen molar-refractivity contribution in [3.05, 3.63) is 24.3 Å². The second-order valence-corrected chi connectivity index (χ2v) is 1.40. The zero-order chi connectivity index (χ0) is 6.69. The quantitative estimate of drug-likeness (QED) is 0.734. The smallest absolute Gasteiger partial charge is 0.356 e. The van der Waals surface area contributed by atoms with E-state index >= 15 is 0 Å². The molecular formula is C5H5BrN2O2. The molecule has 0 spiro atoms. The Labute approximate surface area is 67.7 Å². The van der Waals surface area contributed by atoms with E-state index in [0.717, 1.165) is 0 Å². The number of aromatic nitrogens is 2. The topological polar surface area (TPSA) is 63.1 Å². The third-order valence-corrected chi connectivity index (χ3v) is 0.782. The molecule has 0 radical (unpaired) electrons. The minimum Gasteiger partial charge on any atom is -0.476 e. The Bertz CT molecular complexity index is 214. The first kappa shape index (κ1) is 9.03. The van der Waals surface area contributed by atoms with Crippen LogP contribution in [0.2, 0.25) is 0 Å². The molecule has 10 heavy (non-hydrogen) atoms. The van der Waals surface area contributed by atoms with Gasteiger partial charge in [-0.2, -0.15) is 0 Å². The molecule has 0 amide bonds. The predicted molar refractivity (Wildman–Crippen MR) is 39.3 cm³/mol. The molecule has 0 aliphatic carbocycles. The lowest BCUT2D eigenvalue weighted by Gasteiger charge is -1.86. The Hall–Kier alpha value is -0.970. The van der Waals surface area contributed by atoms with Gasteiger partial charge in [0.15, 0.2) is 5.69 Å². The molecule has 0 aliphatic heterocycles. The Morgan fingerprint density at radius 2 is 2.20 bits per heavy atom. The summed E-state index contributed by atoms with van der Waals surface area (Å²) < 4.78 is 0. The molecule has 1 rings (SSSR count). The van der Waals surface area contributed by atoms with E-state index in [1.54, 1.807) is 0 Å². The van der Waals surface area contributed by atoms with Crippen LogP contribution in [0.4, 0.5) is 0 Å². The van der Waals surface area contributed by atoms with Crippen molar-refractivity contribution in [2.24, 2.45) is 0 Å². The SMILES string of the molecule is Br.O=C(O)c1cnccn1. The standard InChI is InChI=1S/C5H4N2O2.BrH/c8-5(9)4-3-6-1-2-7-4;/h1-3H,(H,8,9);1H. The van der Waals surface area contributed by atoms with Crippen LogP contribution >= 0.6 is 17.0 Å². The number of nitrogens with zero attached hydrogens (tertiary/aromatic N) is 2. The highest BCUT2D eigenvalue weighted by Gasteiger charge is 2.00. The van der Waals surface area contributed by atoms with Crippen LogP contribution in [0.25, 0.3) is 0 Å². The molecular weight excluding hydrogens is 200 g/mol. The zero-order valence-electron chi connectivity index (χ0n) is 4.89. The first-order valence-corrected chi connectivity index (χ1v) is 2.30. The minimum atomic E-state index is -1.05. The highest BCUT2D eigenvalue weighted by atomic mass is 79.9. The molecule has 0 bridgehead atoms. The first-order valence-electron chi connectivity index (χ1n) is 2.30. The summed E-state index contributed by atoms with van der Waals surface area (Å²) in [6, 6.07) is 0. The van der Waals surface area contributed by atoms with Gasteiger partial charge in [-0.1, -0.05) is 0 Å².